The van der Waals surface area contributed by atoms with Crippen LogP contribution in [0.5, 0.6) is 0 Å². The fraction of sp³-hybridized carbons (Fsp3) is 0.143. The van der Waals surface area contributed by atoms with Crippen LogP contribution in [0.1, 0.15) is 21.7 Å². The molecule has 0 radical (unpaired) electrons. The minimum absolute atomic E-state index is 0.110. The Bertz CT molecular complexity index is 762. The zero-order valence-electron chi connectivity index (χ0n) is 10.7. The number of benzene rings is 1. The first-order valence-corrected chi connectivity index (χ1v) is 6.10. The Morgan fingerprint density at radius 1 is 1.50 bits per heavy atom. The monoisotopic (exact) mass is 273 g/mol. The van der Waals surface area contributed by atoms with E-state index >= 15 is 0 Å². The van der Waals surface area contributed by atoms with Crippen LogP contribution in [-0.2, 0) is 6.54 Å². The van der Waals surface area contributed by atoms with Gasteiger partial charge in [0.2, 0.25) is 0 Å². The summed E-state index contributed by atoms with van der Waals surface area (Å²) < 4.78 is 19.0. The number of carbonyl (C=O) groups is 1. The molecule has 0 spiro atoms. The number of halogens is 1. The second kappa shape index (κ2) is 4.80. The van der Waals surface area contributed by atoms with E-state index in [2.05, 4.69) is 15.5 Å². The number of rotatable bonds is 3. The maximum atomic E-state index is 13.6. The van der Waals surface area contributed by atoms with Crippen molar-refractivity contribution in [1.82, 2.24) is 15.5 Å². The molecule has 0 fully saturated rings. The molecule has 1 amide bonds. The predicted molar refractivity (Wildman–Crippen MR) is 70.7 cm³/mol. The van der Waals surface area contributed by atoms with Gasteiger partial charge in [-0.3, -0.25) is 9.89 Å². The third kappa shape index (κ3) is 2.05. The van der Waals surface area contributed by atoms with E-state index in [1.165, 1.54) is 6.07 Å². The van der Waals surface area contributed by atoms with Gasteiger partial charge in [-0.05, 0) is 13.0 Å². The van der Waals surface area contributed by atoms with Crippen LogP contribution in [0.25, 0.3) is 11.0 Å². The molecule has 5 nitrogen and oxygen atoms in total. The lowest BCUT2D eigenvalue weighted by molar-refractivity contribution is 0.0924. The quantitative estimate of drug-likeness (QED) is 0.770. The van der Waals surface area contributed by atoms with Gasteiger partial charge in [-0.1, -0.05) is 12.1 Å². The number of aromatic amines is 1. The number of hydrogen-bond donors (Lipinski definition) is 2. The number of furan rings is 1. The lowest BCUT2D eigenvalue weighted by Gasteiger charge is -2.01. The molecule has 1 aromatic carbocycles. The fourth-order valence-electron chi connectivity index (χ4n) is 2.06. The van der Waals surface area contributed by atoms with Gasteiger partial charge in [0.05, 0.1) is 6.20 Å². The number of amides is 1. The van der Waals surface area contributed by atoms with E-state index in [-0.39, 0.29) is 17.3 Å². The van der Waals surface area contributed by atoms with Gasteiger partial charge in [-0.25, -0.2) is 4.39 Å². The highest BCUT2D eigenvalue weighted by atomic mass is 19.1. The molecule has 0 aliphatic rings. The number of nitrogens with one attached hydrogen (secondary N) is 2. The lowest BCUT2D eigenvalue weighted by atomic mass is 10.1. The van der Waals surface area contributed by atoms with Crippen LogP contribution >= 0.6 is 0 Å². The van der Waals surface area contributed by atoms with Crippen molar-refractivity contribution in [2.75, 3.05) is 0 Å². The van der Waals surface area contributed by atoms with E-state index in [4.69, 9.17) is 4.42 Å². The van der Waals surface area contributed by atoms with Crippen LogP contribution in [0.4, 0.5) is 4.39 Å². The molecule has 20 heavy (non-hydrogen) atoms. The van der Waals surface area contributed by atoms with Crippen molar-refractivity contribution in [2.24, 2.45) is 0 Å². The molecule has 2 aromatic heterocycles. The number of H-pyrrole nitrogens is 1. The van der Waals surface area contributed by atoms with Gasteiger partial charge in [0.15, 0.2) is 17.2 Å². The van der Waals surface area contributed by atoms with Crippen molar-refractivity contribution >= 4 is 16.9 Å². The minimum Gasteiger partial charge on any atom is -0.448 e. The highest BCUT2D eigenvalue weighted by molar-refractivity contribution is 5.98. The number of carbonyl (C=O) groups excluding carboxylic acids is 1. The number of hydrogen-bond acceptors (Lipinski definition) is 3. The summed E-state index contributed by atoms with van der Waals surface area (Å²) in [6.45, 7) is 2.06. The molecule has 0 saturated heterocycles. The molecule has 0 bridgehead atoms. The van der Waals surface area contributed by atoms with Crippen LogP contribution < -0.4 is 5.32 Å². The minimum atomic E-state index is -0.473. The summed E-state index contributed by atoms with van der Waals surface area (Å²) >= 11 is 0. The standard InChI is InChI=1S/C14H12FN3O2/c1-8-10-3-2-4-11(15)13(10)20-12(8)14(19)16-5-9-6-17-18-7-9/h2-4,6-7H,5H2,1H3,(H,16,19)(H,17,18). The summed E-state index contributed by atoms with van der Waals surface area (Å²) in [4.78, 5) is 12.1. The third-order valence-electron chi connectivity index (χ3n) is 3.13. The fourth-order valence-corrected chi connectivity index (χ4v) is 2.06. The maximum Gasteiger partial charge on any atom is 0.287 e. The Hall–Kier alpha value is -2.63. The molecule has 102 valence electrons. The SMILES string of the molecule is Cc1c(C(=O)NCc2cn[nH]c2)oc2c(F)cccc12. The first-order chi connectivity index (χ1) is 9.66. The molecule has 0 unspecified atom stereocenters. The van der Waals surface area contributed by atoms with Gasteiger partial charge >= 0.3 is 0 Å². The second-order valence-electron chi connectivity index (χ2n) is 4.46. The van der Waals surface area contributed by atoms with Crippen molar-refractivity contribution in [1.29, 1.82) is 0 Å². The van der Waals surface area contributed by atoms with E-state index in [0.29, 0.717) is 17.5 Å². The molecule has 3 rings (SSSR count). The number of aryl methyl sites for hydroxylation is 1. The van der Waals surface area contributed by atoms with Crippen molar-refractivity contribution in [3.8, 4) is 0 Å². The average molecular weight is 273 g/mol. The summed E-state index contributed by atoms with van der Waals surface area (Å²) in [6.07, 6.45) is 3.30. The predicted octanol–water partition coefficient (Wildman–Crippen LogP) is 2.53. The number of aromatic nitrogens is 2. The Morgan fingerprint density at radius 2 is 2.35 bits per heavy atom. The van der Waals surface area contributed by atoms with Gasteiger partial charge < -0.3 is 9.73 Å². The van der Waals surface area contributed by atoms with Gasteiger partial charge in [0.1, 0.15) is 0 Å². The van der Waals surface area contributed by atoms with Gasteiger partial charge in [0.25, 0.3) is 5.91 Å². The van der Waals surface area contributed by atoms with E-state index < -0.39 is 5.82 Å². The summed E-state index contributed by atoms with van der Waals surface area (Å²) in [6, 6.07) is 4.62. The molecule has 0 saturated carbocycles. The smallest absolute Gasteiger partial charge is 0.287 e. The normalized spacial score (nSPS) is 10.9. The Morgan fingerprint density at radius 3 is 3.05 bits per heavy atom. The number of fused-ring (bicyclic) bond motifs is 1. The van der Waals surface area contributed by atoms with E-state index in [1.54, 1.807) is 31.5 Å². The molecule has 3 aromatic rings. The van der Waals surface area contributed by atoms with E-state index in [1.807, 2.05) is 0 Å². The molecular formula is C14H12FN3O2. The third-order valence-corrected chi connectivity index (χ3v) is 3.13. The second-order valence-corrected chi connectivity index (χ2v) is 4.46. The molecule has 2 heterocycles. The van der Waals surface area contributed by atoms with Gasteiger partial charge in [-0.2, -0.15) is 5.10 Å². The molecule has 0 aliphatic carbocycles. The van der Waals surface area contributed by atoms with Crippen LogP contribution in [0.2, 0.25) is 0 Å². The molecule has 2 N–H and O–H groups in total. The highest BCUT2D eigenvalue weighted by Gasteiger charge is 2.19. The van der Waals surface area contributed by atoms with E-state index in [0.717, 1.165) is 5.56 Å². The first kappa shape index (κ1) is 12.4. The maximum absolute atomic E-state index is 13.6. The van der Waals surface area contributed by atoms with Crippen LogP contribution in [0, 0.1) is 12.7 Å². The number of nitrogens with zero attached hydrogens (tertiary/aromatic N) is 1. The van der Waals surface area contributed by atoms with Gasteiger partial charge in [-0.15, -0.1) is 0 Å². The van der Waals surface area contributed by atoms with E-state index in [9.17, 15) is 9.18 Å². The molecule has 0 atom stereocenters. The van der Waals surface area contributed by atoms with Crippen LogP contribution in [0.3, 0.4) is 0 Å². The van der Waals surface area contributed by atoms with Crippen molar-refractivity contribution in [2.45, 2.75) is 13.5 Å². The average Bonchev–Trinajstić information content (AvgIpc) is 3.06. The summed E-state index contributed by atoms with van der Waals surface area (Å²) in [5.74, 6) is -0.715. The Labute approximate surface area is 113 Å². The zero-order valence-corrected chi connectivity index (χ0v) is 10.7. The zero-order chi connectivity index (χ0) is 14.1. The highest BCUT2D eigenvalue weighted by Crippen LogP contribution is 2.27. The topological polar surface area (TPSA) is 70.9 Å². The summed E-state index contributed by atoms with van der Waals surface area (Å²) in [5.41, 5.74) is 1.58. The molecule has 6 heteroatoms. The van der Waals surface area contributed by atoms with Crippen molar-refractivity contribution in [3.05, 3.63) is 53.3 Å². The summed E-state index contributed by atoms with van der Waals surface area (Å²) in [5, 5.41) is 9.76. The number of para-hydroxylation sites is 1. The van der Waals surface area contributed by atoms with Crippen LogP contribution in [-0.4, -0.2) is 16.1 Å². The van der Waals surface area contributed by atoms with Gasteiger partial charge in [0, 0.05) is 29.3 Å². The Kier molecular flexibility index (Phi) is 2.98. The Balaban J connectivity index is 1.88. The first-order valence-electron chi connectivity index (χ1n) is 6.10. The molecule has 0 aliphatic heterocycles. The molecular weight excluding hydrogens is 261 g/mol. The largest absolute Gasteiger partial charge is 0.448 e. The van der Waals surface area contributed by atoms with Crippen molar-refractivity contribution < 1.29 is 13.6 Å². The van der Waals surface area contributed by atoms with Crippen LogP contribution in [0.15, 0.2) is 35.0 Å². The van der Waals surface area contributed by atoms with Crippen molar-refractivity contribution in [3.63, 3.8) is 0 Å². The lowest BCUT2D eigenvalue weighted by Crippen LogP contribution is -2.22. The summed E-state index contributed by atoms with van der Waals surface area (Å²) in [7, 11) is 0.